The number of nitrogens with two attached hydrogens (primary N) is 1. The molecule has 1 atom stereocenters. The van der Waals surface area contributed by atoms with Gasteiger partial charge in [0.1, 0.15) is 0 Å². The van der Waals surface area contributed by atoms with Gasteiger partial charge in [-0.15, -0.1) is 0 Å². The Hall–Kier alpha value is -0.630. The summed E-state index contributed by atoms with van der Waals surface area (Å²) in [6.07, 6.45) is 1.92. The highest BCUT2D eigenvalue weighted by Crippen LogP contribution is 2.18. The molecule has 0 saturated carbocycles. The summed E-state index contributed by atoms with van der Waals surface area (Å²) in [5.41, 5.74) is 5.61. The molecule has 4 heteroatoms. The van der Waals surface area contributed by atoms with Crippen molar-refractivity contribution in [1.82, 2.24) is 5.06 Å². The van der Waals surface area contributed by atoms with Crippen molar-refractivity contribution in [3.63, 3.8) is 0 Å². The highest BCUT2D eigenvalue weighted by atomic mass is 16.7. The standard InChI is InChI=1S/C8H15N3O/c1-12-11-4-2-7(3-5-11)8(10)6-9/h7-8H,2-5,10H2,1H3/t8-/m1/s1. The first-order valence-corrected chi connectivity index (χ1v) is 4.22. The first-order chi connectivity index (χ1) is 5.77. The molecule has 0 spiro atoms. The van der Waals surface area contributed by atoms with Crippen molar-refractivity contribution in [3.8, 4) is 6.07 Å². The highest BCUT2D eigenvalue weighted by molar-refractivity contribution is 4.93. The van der Waals surface area contributed by atoms with E-state index in [2.05, 4.69) is 6.07 Å². The molecule has 12 heavy (non-hydrogen) atoms. The lowest BCUT2D eigenvalue weighted by Gasteiger charge is -2.30. The minimum Gasteiger partial charge on any atom is -0.316 e. The minimum atomic E-state index is -0.302. The van der Waals surface area contributed by atoms with E-state index in [9.17, 15) is 0 Å². The number of hydrogen-bond donors (Lipinski definition) is 1. The SMILES string of the molecule is CON1CCC([C@H](N)C#N)CC1. The number of hydroxylamine groups is 2. The van der Waals surface area contributed by atoms with Crippen LogP contribution in [0.5, 0.6) is 0 Å². The van der Waals surface area contributed by atoms with Gasteiger partial charge in [-0.25, -0.2) is 0 Å². The van der Waals surface area contributed by atoms with Gasteiger partial charge >= 0.3 is 0 Å². The van der Waals surface area contributed by atoms with E-state index < -0.39 is 0 Å². The maximum atomic E-state index is 8.59. The average molecular weight is 169 g/mol. The molecule has 0 aromatic heterocycles. The van der Waals surface area contributed by atoms with Gasteiger partial charge < -0.3 is 10.6 Å². The van der Waals surface area contributed by atoms with Crippen molar-refractivity contribution in [2.75, 3.05) is 20.2 Å². The smallest absolute Gasteiger partial charge is 0.0957 e. The Balaban J connectivity index is 2.31. The normalized spacial score (nSPS) is 23.4. The Morgan fingerprint density at radius 1 is 1.58 bits per heavy atom. The van der Waals surface area contributed by atoms with E-state index in [4.69, 9.17) is 15.8 Å². The maximum absolute atomic E-state index is 8.59. The van der Waals surface area contributed by atoms with E-state index in [1.165, 1.54) is 0 Å². The quantitative estimate of drug-likeness (QED) is 0.637. The molecule has 1 aliphatic rings. The molecule has 0 bridgehead atoms. The zero-order chi connectivity index (χ0) is 8.97. The fourth-order valence-corrected chi connectivity index (χ4v) is 1.52. The van der Waals surface area contributed by atoms with Crippen LogP contribution in [0.1, 0.15) is 12.8 Å². The second kappa shape index (κ2) is 4.41. The summed E-state index contributed by atoms with van der Waals surface area (Å²) in [5, 5.41) is 10.5. The number of piperidine rings is 1. The van der Waals surface area contributed by atoms with E-state index in [1.807, 2.05) is 5.06 Å². The van der Waals surface area contributed by atoms with Crippen molar-refractivity contribution in [3.05, 3.63) is 0 Å². The first-order valence-electron chi connectivity index (χ1n) is 4.22. The number of rotatable bonds is 2. The van der Waals surface area contributed by atoms with Gasteiger partial charge in [0.15, 0.2) is 0 Å². The summed E-state index contributed by atoms with van der Waals surface area (Å²) in [6.45, 7) is 1.77. The molecule has 2 N–H and O–H groups in total. The Bertz CT molecular complexity index is 170. The molecular formula is C8H15N3O. The molecule has 68 valence electrons. The van der Waals surface area contributed by atoms with Gasteiger partial charge in [-0.05, 0) is 18.8 Å². The van der Waals surface area contributed by atoms with Crippen molar-refractivity contribution < 1.29 is 4.84 Å². The molecule has 0 aromatic rings. The molecular weight excluding hydrogens is 154 g/mol. The molecule has 1 heterocycles. The Morgan fingerprint density at radius 2 is 2.17 bits per heavy atom. The van der Waals surface area contributed by atoms with Crippen molar-refractivity contribution in [2.45, 2.75) is 18.9 Å². The average Bonchev–Trinajstić information content (AvgIpc) is 2.17. The molecule has 1 aliphatic heterocycles. The Labute approximate surface area is 72.8 Å². The van der Waals surface area contributed by atoms with Gasteiger partial charge in [-0.3, -0.25) is 0 Å². The van der Waals surface area contributed by atoms with Crippen molar-refractivity contribution >= 4 is 0 Å². The first kappa shape index (κ1) is 9.46. The van der Waals surface area contributed by atoms with Crippen LogP contribution in [0.25, 0.3) is 0 Å². The minimum absolute atomic E-state index is 0.302. The lowest BCUT2D eigenvalue weighted by molar-refractivity contribution is -0.148. The summed E-state index contributed by atoms with van der Waals surface area (Å²) in [5.74, 6) is 0.349. The number of hydrogen-bond acceptors (Lipinski definition) is 4. The predicted octanol–water partition coefficient (Wildman–Crippen LogP) is 0.111. The van der Waals surface area contributed by atoms with Crippen LogP contribution in [0.15, 0.2) is 0 Å². The summed E-state index contributed by atoms with van der Waals surface area (Å²) in [7, 11) is 1.67. The molecule has 1 rings (SSSR count). The van der Waals surface area contributed by atoms with Crippen LogP contribution < -0.4 is 5.73 Å². The Kier molecular flexibility index (Phi) is 3.48. The van der Waals surface area contributed by atoms with Crippen LogP contribution in [-0.2, 0) is 4.84 Å². The van der Waals surface area contributed by atoms with Gasteiger partial charge in [-0.2, -0.15) is 10.3 Å². The van der Waals surface area contributed by atoms with E-state index in [1.54, 1.807) is 7.11 Å². The summed E-state index contributed by atoms with van der Waals surface area (Å²) in [4.78, 5) is 5.06. The van der Waals surface area contributed by atoms with Gasteiger partial charge in [0.2, 0.25) is 0 Å². The topological polar surface area (TPSA) is 62.3 Å². The zero-order valence-electron chi connectivity index (χ0n) is 7.36. The monoisotopic (exact) mass is 169 g/mol. The summed E-state index contributed by atoms with van der Waals surface area (Å²) in [6, 6.07) is 1.78. The molecule has 0 radical (unpaired) electrons. The largest absolute Gasteiger partial charge is 0.316 e. The third-order valence-electron chi connectivity index (χ3n) is 2.41. The third kappa shape index (κ3) is 2.18. The van der Waals surface area contributed by atoms with E-state index in [0.29, 0.717) is 5.92 Å². The van der Waals surface area contributed by atoms with Gasteiger partial charge in [0.05, 0.1) is 19.2 Å². The van der Waals surface area contributed by atoms with Crippen LogP contribution in [0.2, 0.25) is 0 Å². The van der Waals surface area contributed by atoms with Crippen LogP contribution in [0, 0.1) is 17.2 Å². The number of nitrogens with zero attached hydrogens (tertiary/aromatic N) is 2. The fourth-order valence-electron chi connectivity index (χ4n) is 1.52. The van der Waals surface area contributed by atoms with E-state index in [-0.39, 0.29) is 6.04 Å². The van der Waals surface area contributed by atoms with Gasteiger partial charge in [-0.1, -0.05) is 0 Å². The van der Waals surface area contributed by atoms with Crippen LogP contribution in [0.3, 0.4) is 0 Å². The van der Waals surface area contributed by atoms with E-state index in [0.717, 1.165) is 25.9 Å². The zero-order valence-corrected chi connectivity index (χ0v) is 7.36. The summed E-state index contributed by atoms with van der Waals surface area (Å²) >= 11 is 0. The van der Waals surface area contributed by atoms with Crippen LogP contribution in [-0.4, -0.2) is 31.3 Å². The van der Waals surface area contributed by atoms with Gasteiger partial charge in [0.25, 0.3) is 0 Å². The predicted molar refractivity (Wildman–Crippen MR) is 44.9 cm³/mol. The molecule has 4 nitrogen and oxygen atoms in total. The third-order valence-corrected chi connectivity index (χ3v) is 2.41. The van der Waals surface area contributed by atoms with Crippen molar-refractivity contribution in [2.24, 2.45) is 11.7 Å². The molecule has 0 aliphatic carbocycles. The fraction of sp³-hybridized carbons (Fsp3) is 0.875. The van der Waals surface area contributed by atoms with Gasteiger partial charge in [0, 0.05) is 13.1 Å². The number of nitriles is 1. The maximum Gasteiger partial charge on any atom is 0.0957 e. The second-order valence-corrected chi connectivity index (χ2v) is 3.10. The van der Waals surface area contributed by atoms with E-state index >= 15 is 0 Å². The lowest BCUT2D eigenvalue weighted by Crippen LogP contribution is -2.39. The second-order valence-electron chi connectivity index (χ2n) is 3.10. The lowest BCUT2D eigenvalue weighted by atomic mass is 9.91. The molecule has 1 saturated heterocycles. The van der Waals surface area contributed by atoms with Crippen LogP contribution >= 0.6 is 0 Å². The summed E-state index contributed by atoms with van der Waals surface area (Å²) < 4.78 is 0. The molecule has 1 fully saturated rings. The molecule has 0 aromatic carbocycles. The van der Waals surface area contributed by atoms with Crippen molar-refractivity contribution in [1.29, 1.82) is 5.26 Å². The van der Waals surface area contributed by atoms with Crippen LogP contribution in [0.4, 0.5) is 0 Å². The Morgan fingerprint density at radius 3 is 2.58 bits per heavy atom. The molecule has 0 unspecified atom stereocenters. The molecule has 0 amide bonds. The highest BCUT2D eigenvalue weighted by Gasteiger charge is 2.23.